The molecule has 3 rings (SSSR count). The Kier molecular flexibility index (Phi) is 2.84. The predicted molar refractivity (Wildman–Crippen MR) is 66.3 cm³/mol. The predicted octanol–water partition coefficient (Wildman–Crippen LogP) is 1.79. The summed E-state index contributed by atoms with van der Waals surface area (Å²) < 4.78 is 1.51. The summed E-state index contributed by atoms with van der Waals surface area (Å²) in [5.74, 6) is 0.766. The molecule has 0 aromatic carbocycles. The molecule has 4 nitrogen and oxygen atoms in total. The summed E-state index contributed by atoms with van der Waals surface area (Å²) in [6.45, 7) is 3.38. The third kappa shape index (κ3) is 2.33. The van der Waals surface area contributed by atoms with Crippen molar-refractivity contribution in [1.29, 1.82) is 0 Å². The van der Waals surface area contributed by atoms with Crippen molar-refractivity contribution in [2.24, 2.45) is 5.92 Å². The summed E-state index contributed by atoms with van der Waals surface area (Å²) in [7, 11) is 0. The van der Waals surface area contributed by atoms with Crippen LogP contribution in [-0.2, 0) is 0 Å². The van der Waals surface area contributed by atoms with Gasteiger partial charge in [-0.05, 0) is 31.4 Å². The fourth-order valence-corrected chi connectivity index (χ4v) is 3.07. The van der Waals surface area contributed by atoms with Crippen LogP contribution in [0.5, 0.6) is 0 Å². The zero-order chi connectivity index (χ0) is 11.8. The van der Waals surface area contributed by atoms with Gasteiger partial charge in [0.2, 0.25) is 0 Å². The van der Waals surface area contributed by atoms with Crippen LogP contribution in [0.4, 0.5) is 4.79 Å². The summed E-state index contributed by atoms with van der Waals surface area (Å²) >= 11 is 5.79. The Morgan fingerprint density at radius 2 is 2.35 bits per heavy atom. The standard InChI is InChI=1S/C12H16ClN3O/c13-10-2-4-16(7-10)12(17)14-11-5-9-1-3-15(6-9)8-11/h2,4,7,9,11H,1,3,5-6,8H2,(H,14,17). The number of nitrogens with one attached hydrogen (secondary N) is 1. The van der Waals surface area contributed by atoms with Crippen LogP contribution < -0.4 is 5.32 Å². The van der Waals surface area contributed by atoms with E-state index in [1.165, 1.54) is 24.1 Å². The van der Waals surface area contributed by atoms with E-state index in [-0.39, 0.29) is 12.1 Å². The van der Waals surface area contributed by atoms with Crippen molar-refractivity contribution in [3.8, 4) is 0 Å². The maximum Gasteiger partial charge on any atom is 0.325 e. The van der Waals surface area contributed by atoms with E-state index < -0.39 is 0 Å². The first-order chi connectivity index (χ1) is 8.20. The molecule has 0 spiro atoms. The number of rotatable bonds is 1. The Morgan fingerprint density at radius 1 is 1.47 bits per heavy atom. The van der Waals surface area contributed by atoms with Crippen molar-refractivity contribution >= 4 is 17.6 Å². The zero-order valence-electron chi connectivity index (χ0n) is 9.60. The molecule has 3 atom stereocenters. The maximum absolute atomic E-state index is 11.9. The first kappa shape index (κ1) is 11.1. The lowest BCUT2D eigenvalue weighted by molar-refractivity contribution is 0.206. The minimum atomic E-state index is -0.0793. The minimum absolute atomic E-state index is 0.0793. The van der Waals surface area contributed by atoms with E-state index in [0.29, 0.717) is 5.02 Å². The maximum atomic E-state index is 11.9. The number of fused-ring (bicyclic) bond motifs is 2. The summed E-state index contributed by atoms with van der Waals surface area (Å²) in [5, 5.41) is 3.66. The Morgan fingerprint density at radius 3 is 3.06 bits per heavy atom. The number of halogens is 1. The lowest BCUT2D eigenvalue weighted by Gasteiger charge is -2.30. The Labute approximate surface area is 106 Å². The Bertz CT molecular complexity index is 419. The highest BCUT2D eigenvalue weighted by molar-refractivity contribution is 6.30. The third-order valence-electron chi connectivity index (χ3n) is 3.69. The summed E-state index contributed by atoms with van der Waals surface area (Å²) in [5.41, 5.74) is 0. The van der Waals surface area contributed by atoms with E-state index in [0.717, 1.165) is 18.9 Å². The van der Waals surface area contributed by atoms with Gasteiger partial charge in [0.05, 0.1) is 5.02 Å². The van der Waals surface area contributed by atoms with Gasteiger partial charge in [-0.1, -0.05) is 11.6 Å². The van der Waals surface area contributed by atoms with Crippen molar-refractivity contribution in [1.82, 2.24) is 14.8 Å². The molecule has 1 N–H and O–H groups in total. The number of amides is 1. The van der Waals surface area contributed by atoms with Gasteiger partial charge in [-0.25, -0.2) is 4.79 Å². The molecule has 2 aliphatic rings. The van der Waals surface area contributed by atoms with E-state index in [9.17, 15) is 4.79 Å². The van der Waals surface area contributed by atoms with Gasteiger partial charge < -0.3 is 10.2 Å². The number of carbonyl (C=O) groups is 1. The van der Waals surface area contributed by atoms with Crippen LogP contribution >= 0.6 is 11.6 Å². The molecular weight excluding hydrogens is 238 g/mol. The van der Waals surface area contributed by atoms with Gasteiger partial charge in [-0.15, -0.1) is 0 Å². The van der Waals surface area contributed by atoms with E-state index in [1.54, 1.807) is 18.5 Å². The molecule has 5 heteroatoms. The van der Waals surface area contributed by atoms with Gasteiger partial charge in [0.1, 0.15) is 0 Å². The second-order valence-electron chi connectivity index (χ2n) is 5.03. The topological polar surface area (TPSA) is 37.3 Å². The summed E-state index contributed by atoms with van der Waals surface area (Å²) in [6, 6.07) is 1.92. The Balaban J connectivity index is 1.62. The molecule has 1 amide bonds. The second-order valence-corrected chi connectivity index (χ2v) is 5.47. The van der Waals surface area contributed by atoms with Crippen molar-refractivity contribution in [3.63, 3.8) is 0 Å². The van der Waals surface area contributed by atoms with Crippen LogP contribution in [-0.4, -0.2) is 41.2 Å². The van der Waals surface area contributed by atoms with Crippen molar-refractivity contribution in [3.05, 3.63) is 23.5 Å². The normalized spacial score (nSPS) is 31.5. The average Bonchev–Trinajstić information content (AvgIpc) is 2.85. The molecule has 3 heterocycles. The fourth-order valence-electron chi connectivity index (χ4n) is 2.91. The van der Waals surface area contributed by atoms with Crippen LogP contribution in [0.1, 0.15) is 12.8 Å². The molecule has 0 radical (unpaired) electrons. The average molecular weight is 254 g/mol. The minimum Gasteiger partial charge on any atom is -0.333 e. The molecule has 1 aromatic heterocycles. The molecule has 0 saturated carbocycles. The van der Waals surface area contributed by atoms with Crippen LogP contribution in [0, 0.1) is 5.92 Å². The number of hydrogen-bond acceptors (Lipinski definition) is 2. The van der Waals surface area contributed by atoms with Crippen molar-refractivity contribution in [2.45, 2.75) is 18.9 Å². The quantitative estimate of drug-likeness (QED) is 0.829. The largest absolute Gasteiger partial charge is 0.333 e. The molecule has 0 aliphatic carbocycles. The number of aromatic nitrogens is 1. The van der Waals surface area contributed by atoms with E-state index in [4.69, 9.17) is 11.6 Å². The van der Waals surface area contributed by atoms with E-state index >= 15 is 0 Å². The SMILES string of the molecule is O=C(NC1CC2CCN(C2)C1)n1ccc(Cl)c1. The molecular formula is C12H16ClN3O. The number of nitrogens with zero attached hydrogens (tertiary/aromatic N) is 2. The first-order valence-electron chi connectivity index (χ1n) is 6.07. The lowest BCUT2D eigenvalue weighted by Crippen LogP contribution is -2.47. The van der Waals surface area contributed by atoms with Gasteiger partial charge in [0, 0.05) is 31.5 Å². The number of carbonyl (C=O) groups excluding carboxylic acids is 1. The molecule has 1 aromatic rings. The van der Waals surface area contributed by atoms with Crippen molar-refractivity contribution in [2.75, 3.05) is 19.6 Å². The van der Waals surface area contributed by atoms with E-state index in [2.05, 4.69) is 10.2 Å². The second kappa shape index (κ2) is 4.35. The van der Waals surface area contributed by atoms with Crippen LogP contribution in [0.15, 0.2) is 18.5 Å². The van der Waals surface area contributed by atoms with Gasteiger partial charge in [-0.3, -0.25) is 4.57 Å². The van der Waals surface area contributed by atoms with Crippen LogP contribution in [0.3, 0.4) is 0 Å². The molecule has 17 heavy (non-hydrogen) atoms. The van der Waals surface area contributed by atoms with Gasteiger partial charge in [0.15, 0.2) is 0 Å². The lowest BCUT2D eigenvalue weighted by atomic mass is 9.97. The molecule has 2 bridgehead atoms. The van der Waals surface area contributed by atoms with Crippen molar-refractivity contribution < 1.29 is 4.79 Å². The molecule has 2 aliphatic heterocycles. The first-order valence-corrected chi connectivity index (χ1v) is 6.45. The highest BCUT2D eigenvalue weighted by Gasteiger charge is 2.32. The smallest absolute Gasteiger partial charge is 0.325 e. The zero-order valence-corrected chi connectivity index (χ0v) is 10.4. The van der Waals surface area contributed by atoms with E-state index in [1.807, 2.05) is 0 Å². The monoisotopic (exact) mass is 253 g/mol. The fraction of sp³-hybridized carbons (Fsp3) is 0.583. The molecule has 92 valence electrons. The molecule has 3 unspecified atom stereocenters. The number of piperidine rings is 1. The highest BCUT2D eigenvalue weighted by atomic mass is 35.5. The summed E-state index contributed by atoms with van der Waals surface area (Å²) in [6.07, 6.45) is 5.71. The van der Waals surface area contributed by atoms with Gasteiger partial charge in [-0.2, -0.15) is 0 Å². The van der Waals surface area contributed by atoms with Gasteiger partial charge >= 0.3 is 6.03 Å². The Hall–Kier alpha value is -1.00. The van der Waals surface area contributed by atoms with Crippen LogP contribution in [0.2, 0.25) is 5.02 Å². The van der Waals surface area contributed by atoms with Gasteiger partial charge in [0.25, 0.3) is 0 Å². The molecule has 2 saturated heterocycles. The molecule has 2 fully saturated rings. The van der Waals surface area contributed by atoms with Crippen LogP contribution in [0.25, 0.3) is 0 Å². The number of hydrogen-bond donors (Lipinski definition) is 1. The third-order valence-corrected chi connectivity index (χ3v) is 3.91. The summed E-state index contributed by atoms with van der Waals surface area (Å²) in [4.78, 5) is 14.4. The highest BCUT2D eigenvalue weighted by Crippen LogP contribution is 2.26.